The van der Waals surface area contributed by atoms with Crippen molar-refractivity contribution in [3.63, 3.8) is 0 Å². The van der Waals surface area contributed by atoms with Crippen molar-refractivity contribution < 1.29 is 4.79 Å². The molecule has 2 nitrogen and oxygen atoms in total. The van der Waals surface area contributed by atoms with E-state index in [-0.39, 0.29) is 11.9 Å². The van der Waals surface area contributed by atoms with Gasteiger partial charge < -0.3 is 5.32 Å². The number of rotatable bonds is 5. The highest BCUT2D eigenvalue weighted by Gasteiger charge is 2.10. The SMILES string of the molecule is CCc1ccc([C@@H](C)NC(=O)Cc2cccs2)cc1. The van der Waals surface area contributed by atoms with E-state index in [1.54, 1.807) is 11.3 Å². The van der Waals surface area contributed by atoms with E-state index in [0.717, 1.165) is 16.9 Å². The minimum atomic E-state index is 0.0540. The largest absolute Gasteiger partial charge is 0.349 e. The van der Waals surface area contributed by atoms with Gasteiger partial charge in [0.2, 0.25) is 5.91 Å². The Morgan fingerprint density at radius 3 is 2.58 bits per heavy atom. The van der Waals surface area contributed by atoms with Crippen LogP contribution in [0.1, 0.15) is 35.9 Å². The molecule has 0 bridgehead atoms. The summed E-state index contributed by atoms with van der Waals surface area (Å²) in [4.78, 5) is 13.0. The fourth-order valence-corrected chi connectivity index (χ4v) is 2.69. The molecule has 0 aliphatic rings. The van der Waals surface area contributed by atoms with Crippen molar-refractivity contribution in [1.82, 2.24) is 5.32 Å². The van der Waals surface area contributed by atoms with Crippen LogP contribution in [0.15, 0.2) is 41.8 Å². The number of thiophene rings is 1. The number of carbonyl (C=O) groups is 1. The first-order valence-electron chi connectivity index (χ1n) is 6.59. The predicted molar refractivity (Wildman–Crippen MR) is 80.4 cm³/mol. The van der Waals surface area contributed by atoms with Crippen molar-refractivity contribution in [2.24, 2.45) is 0 Å². The smallest absolute Gasteiger partial charge is 0.225 e. The van der Waals surface area contributed by atoms with Crippen molar-refractivity contribution >= 4 is 17.2 Å². The zero-order chi connectivity index (χ0) is 13.7. The second kappa shape index (κ2) is 6.53. The van der Waals surface area contributed by atoms with E-state index in [4.69, 9.17) is 0 Å². The van der Waals surface area contributed by atoms with Crippen LogP contribution in [0.3, 0.4) is 0 Å². The van der Waals surface area contributed by atoms with Gasteiger partial charge in [0.25, 0.3) is 0 Å². The number of hydrogen-bond donors (Lipinski definition) is 1. The Hall–Kier alpha value is -1.61. The summed E-state index contributed by atoms with van der Waals surface area (Å²) >= 11 is 1.62. The molecule has 1 N–H and O–H groups in total. The highest BCUT2D eigenvalue weighted by atomic mass is 32.1. The number of hydrogen-bond acceptors (Lipinski definition) is 2. The van der Waals surface area contributed by atoms with Crippen LogP contribution >= 0.6 is 11.3 Å². The molecule has 100 valence electrons. The van der Waals surface area contributed by atoms with E-state index in [2.05, 4.69) is 36.5 Å². The molecule has 0 radical (unpaired) electrons. The summed E-state index contributed by atoms with van der Waals surface area (Å²) in [6.45, 7) is 4.16. The number of amides is 1. The number of benzene rings is 1. The lowest BCUT2D eigenvalue weighted by Gasteiger charge is -2.14. The zero-order valence-electron chi connectivity index (χ0n) is 11.3. The summed E-state index contributed by atoms with van der Waals surface area (Å²) in [7, 11) is 0. The van der Waals surface area contributed by atoms with Gasteiger partial charge in [0.15, 0.2) is 0 Å². The average molecular weight is 273 g/mol. The van der Waals surface area contributed by atoms with Crippen LogP contribution in [0.25, 0.3) is 0 Å². The van der Waals surface area contributed by atoms with Gasteiger partial charge in [0, 0.05) is 4.88 Å². The van der Waals surface area contributed by atoms with E-state index in [1.807, 2.05) is 24.4 Å². The first-order valence-corrected chi connectivity index (χ1v) is 7.47. The number of aryl methyl sites for hydroxylation is 1. The molecule has 0 saturated heterocycles. The molecule has 0 spiro atoms. The summed E-state index contributed by atoms with van der Waals surface area (Å²) in [6.07, 6.45) is 1.51. The molecule has 1 aromatic heterocycles. The van der Waals surface area contributed by atoms with Crippen molar-refractivity contribution in [2.75, 3.05) is 0 Å². The fourth-order valence-electron chi connectivity index (χ4n) is 1.99. The highest BCUT2D eigenvalue weighted by molar-refractivity contribution is 7.10. The van der Waals surface area contributed by atoms with Gasteiger partial charge >= 0.3 is 0 Å². The first kappa shape index (κ1) is 13.8. The molecule has 0 fully saturated rings. The van der Waals surface area contributed by atoms with Crippen molar-refractivity contribution in [1.29, 1.82) is 0 Å². The number of nitrogens with one attached hydrogen (secondary N) is 1. The molecule has 2 rings (SSSR count). The van der Waals surface area contributed by atoms with Gasteiger partial charge in [-0.05, 0) is 35.9 Å². The lowest BCUT2D eigenvalue weighted by molar-refractivity contribution is -0.121. The number of carbonyl (C=O) groups excluding carboxylic acids is 1. The van der Waals surface area contributed by atoms with E-state index in [0.29, 0.717) is 6.42 Å². The van der Waals surface area contributed by atoms with Crippen molar-refractivity contribution in [2.45, 2.75) is 32.7 Å². The van der Waals surface area contributed by atoms with Crippen LogP contribution in [-0.2, 0) is 17.6 Å². The Kier molecular flexibility index (Phi) is 4.74. The molecular formula is C16H19NOS. The maximum atomic E-state index is 11.9. The van der Waals surface area contributed by atoms with Gasteiger partial charge in [-0.1, -0.05) is 37.3 Å². The van der Waals surface area contributed by atoms with Gasteiger partial charge in [-0.3, -0.25) is 4.79 Å². The first-order chi connectivity index (χ1) is 9.19. The summed E-state index contributed by atoms with van der Waals surface area (Å²) < 4.78 is 0. The minimum absolute atomic E-state index is 0.0540. The summed E-state index contributed by atoms with van der Waals surface area (Å²) in [5, 5.41) is 5.04. The standard InChI is InChI=1S/C16H19NOS/c1-3-13-6-8-14(9-7-13)12(2)17-16(18)11-15-5-4-10-19-15/h4-10,12H,3,11H2,1-2H3,(H,17,18)/t12-/m1/s1. The Morgan fingerprint density at radius 2 is 2.00 bits per heavy atom. The van der Waals surface area contributed by atoms with Crippen LogP contribution in [0.5, 0.6) is 0 Å². The monoisotopic (exact) mass is 273 g/mol. The molecule has 1 aromatic carbocycles. The average Bonchev–Trinajstić information content (AvgIpc) is 2.91. The quantitative estimate of drug-likeness (QED) is 0.883. The van der Waals surface area contributed by atoms with E-state index >= 15 is 0 Å². The predicted octanol–water partition coefficient (Wildman–Crippen LogP) is 3.73. The minimum Gasteiger partial charge on any atom is -0.349 e. The molecule has 1 atom stereocenters. The second-order valence-corrected chi connectivity index (χ2v) is 5.67. The molecular weight excluding hydrogens is 254 g/mol. The topological polar surface area (TPSA) is 29.1 Å². The Morgan fingerprint density at radius 1 is 1.26 bits per heavy atom. The second-order valence-electron chi connectivity index (χ2n) is 4.64. The van der Waals surface area contributed by atoms with Gasteiger partial charge in [-0.15, -0.1) is 11.3 Å². The molecule has 0 unspecified atom stereocenters. The maximum absolute atomic E-state index is 11.9. The molecule has 1 amide bonds. The fraction of sp³-hybridized carbons (Fsp3) is 0.312. The zero-order valence-corrected chi connectivity index (χ0v) is 12.2. The van der Waals surface area contributed by atoms with Crippen LogP contribution < -0.4 is 5.32 Å². The normalized spacial score (nSPS) is 12.1. The summed E-state index contributed by atoms with van der Waals surface area (Å²) in [6, 6.07) is 12.4. The maximum Gasteiger partial charge on any atom is 0.225 e. The van der Waals surface area contributed by atoms with Crippen LogP contribution in [0.4, 0.5) is 0 Å². The summed E-state index contributed by atoms with van der Waals surface area (Å²) in [5.74, 6) is 0.0783. The Bertz CT molecular complexity index is 516. The molecule has 0 aliphatic heterocycles. The van der Waals surface area contributed by atoms with Gasteiger partial charge in [-0.2, -0.15) is 0 Å². The van der Waals surface area contributed by atoms with Gasteiger partial charge in [0.1, 0.15) is 0 Å². The van der Waals surface area contributed by atoms with Gasteiger partial charge in [-0.25, -0.2) is 0 Å². The van der Waals surface area contributed by atoms with Crippen molar-refractivity contribution in [3.05, 3.63) is 57.8 Å². The van der Waals surface area contributed by atoms with E-state index in [9.17, 15) is 4.79 Å². The molecule has 3 heteroatoms. The molecule has 19 heavy (non-hydrogen) atoms. The highest BCUT2D eigenvalue weighted by Crippen LogP contribution is 2.15. The molecule has 1 heterocycles. The third kappa shape index (κ3) is 3.93. The van der Waals surface area contributed by atoms with Crippen LogP contribution in [0.2, 0.25) is 0 Å². The van der Waals surface area contributed by atoms with E-state index in [1.165, 1.54) is 5.56 Å². The summed E-state index contributed by atoms with van der Waals surface area (Å²) in [5.41, 5.74) is 2.47. The van der Waals surface area contributed by atoms with Crippen LogP contribution in [0, 0.1) is 0 Å². The third-order valence-electron chi connectivity index (χ3n) is 3.18. The lowest BCUT2D eigenvalue weighted by atomic mass is 10.0. The lowest BCUT2D eigenvalue weighted by Crippen LogP contribution is -2.27. The molecule has 0 saturated carbocycles. The Balaban J connectivity index is 1.92. The molecule has 0 aliphatic carbocycles. The third-order valence-corrected chi connectivity index (χ3v) is 4.06. The van der Waals surface area contributed by atoms with E-state index < -0.39 is 0 Å². The molecule has 2 aromatic rings. The Labute approximate surface area is 118 Å². The van der Waals surface area contributed by atoms with Gasteiger partial charge in [0.05, 0.1) is 12.5 Å². The van der Waals surface area contributed by atoms with Crippen LogP contribution in [-0.4, -0.2) is 5.91 Å². The van der Waals surface area contributed by atoms with Crippen molar-refractivity contribution in [3.8, 4) is 0 Å².